The number of rotatable bonds is 3. The molecule has 0 amide bonds. The van der Waals surface area contributed by atoms with Crippen molar-refractivity contribution in [3.63, 3.8) is 0 Å². The van der Waals surface area contributed by atoms with Gasteiger partial charge in [0.05, 0.1) is 6.10 Å². The molecule has 0 saturated carbocycles. The molecule has 1 nitrogen and oxygen atoms in total. The average Bonchev–Trinajstić information content (AvgIpc) is 2.42. The van der Waals surface area contributed by atoms with Crippen molar-refractivity contribution >= 4 is 0 Å². The summed E-state index contributed by atoms with van der Waals surface area (Å²) in [6.07, 6.45) is -0.912. The predicted octanol–water partition coefficient (Wildman–Crippen LogP) is 3.98. The van der Waals surface area contributed by atoms with E-state index in [1.165, 1.54) is 6.07 Å². The van der Waals surface area contributed by atoms with Gasteiger partial charge >= 0.3 is 0 Å². The second kappa shape index (κ2) is 5.10. The zero-order valence-corrected chi connectivity index (χ0v) is 10.9. The Kier molecular flexibility index (Phi) is 3.67. The minimum Gasteiger partial charge on any atom is -0.388 e. The molecule has 3 heteroatoms. The summed E-state index contributed by atoms with van der Waals surface area (Å²) in [5, 5.41) is 10.4. The third-order valence-electron chi connectivity index (χ3n) is 3.46. The summed E-state index contributed by atoms with van der Waals surface area (Å²) < 4.78 is 26.2. The first-order chi connectivity index (χ1) is 8.93. The number of halogens is 2. The Hall–Kier alpha value is -1.74. The molecule has 0 fully saturated rings. The van der Waals surface area contributed by atoms with Gasteiger partial charge in [-0.25, -0.2) is 8.78 Å². The highest BCUT2D eigenvalue weighted by molar-refractivity contribution is 5.30. The molecule has 0 bridgehead atoms. The van der Waals surface area contributed by atoms with E-state index in [9.17, 15) is 13.9 Å². The Morgan fingerprint density at radius 3 is 2.16 bits per heavy atom. The first-order valence-electron chi connectivity index (χ1n) is 6.11. The van der Waals surface area contributed by atoms with Gasteiger partial charge in [0.1, 0.15) is 0 Å². The lowest BCUT2D eigenvalue weighted by Crippen LogP contribution is -2.26. The van der Waals surface area contributed by atoms with E-state index in [1.807, 2.05) is 44.2 Å². The molecule has 0 spiro atoms. The maximum Gasteiger partial charge on any atom is 0.159 e. The molecule has 0 radical (unpaired) electrons. The summed E-state index contributed by atoms with van der Waals surface area (Å²) in [7, 11) is 0. The third kappa shape index (κ3) is 2.66. The van der Waals surface area contributed by atoms with E-state index in [1.54, 1.807) is 0 Å². The zero-order valence-electron chi connectivity index (χ0n) is 10.9. The molecule has 0 aromatic heterocycles. The predicted molar refractivity (Wildman–Crippen MR) is 70.8 cm³/mol. The fourth-order valence-corrected chi connectivity index (χ4v) is 2.12. The molecule has 0 saturated heterocycles. The van der Waals surface area contributed by atoms with Gasteiger partial charge < -0.3 is 5.11 Å². The van der Waals surface area contributed by atoms with Crippen molar-refractivity contribution in [1.29, 1.82) is 0 Å². The maximum atomic E-state index is 13.2. The quantitative estimate of drug-likeness (QED) is 0.887. The van der Waals surface area contributed by atoms with Crippen LogP contribution in [0.5, 0.6) is 0 Å². The molecule has 19 heavy (non-hydrogen) atoms. The van der Waals surface area contributed by atoms with Gasteiger partial charge in [0, 0.05) is 5.41 Å². The van der Waals surface area contributed by atoms with Gasteiger partial charge in [-0.05, 0) is 23.3 Å². The van der Waals surface area contributed by atoms with Crippen LogP contribution in [0.4, 0.5) is 8.78 Å². The first kappa shape index (κ1) is 13.7. The summed E-state index contributed by atoms with van der Waals surface area (Å²) in [5.74, 6) is -1.85. The number of aliphatic hydroxyl groups is 1. The van der Waals surface area contributed by atoms with Crippen molar-refractivity contribution in [1.82, 2.24) is 0 Å². The van der Waals surface area contributed by atoms with Gasteiger partial charge in [0.15, 0.2) is 11.6 Å². The molecule has 2 aromatic rings. The maximum absolute atomic E-state index is 13.2. The second-order valence-corrected chi connectivity index (χ2v) is 5.16. The highest BCUT2D eigenvalue weighted by Crippen LogP contribution is 2.36. The normalized spacial score (nSPS) is 13.3. The highest BCUT2D eigenvalue weighted by Gasteiger charge is 2.31. The molecule has 2 aromatic carbocycles. The topological polar surface area (TPSA) is 20.2 Å². The van der Waals surface area contributed by atoms with Crippen molar-refractivity contribution in [2.45, 2.75) is 25.4 Å². The van der Waals surface area contributed by atoms with Crippen LogP contribution in [0.25, 0.3) is 0 Å². The number of hydrogen-bond donors (Lipinski definition) is 1. The van der Waals surface area contributed by atoms with Gasteiger partial charge in [-0.1, -0.05) is 50.2 Å². The largest absolute Gasteiger partial charge is 0.388 e. The smallest absolute Gasteiger partial charge is 0.159 e. The lowest BCUT2D eigenvalue weighted by molar-refractivity contribution is 0.0998. The third-order valence-corrected chi connectivity index (χ3v) is 3.46. The molecule has 0 aliphatic carbocycles. The van der Waals surface area contributed by atoms with Crippen molar-refractivity contribution in [3.05, 3.63) is 71.3 Å². The summed E-state index contributed by atoms with van der Waals surface area (Å²) in [6.45, 7) is 3.74. The van der Waals surface area contributed by atoms with E-state index in [-0.39, 0.29) is 0 Å². The van der Waals surface area contributed by atoms with Crippen LogP contribution in [-0.2, 0) is 5.41 Å². The van der Waals surface area contributed by atoms with Crippen molar-refractivity contribution < 1.29 is 13.9 Å². The van der Waals surface area contributed by atoms with Gasteiger partial charge in [-0.15, -0.1) is 0 Å². The Morgan fingerprint density at radius 2 is 1.58 bits per heavy atom. The molecule has 100 valence electrons. The average molecular weight is 262 g/mol. The lowest BCUT2D eigenvalue weighted by atomic mass is 9.77. The fraction of sp³-hybridized carbons (Fsp3) is 0.250. The number of benzene rings is 2. The summed E-state index contributed by atoms with van der Waals surface area (Å²) in [5.41, 5.74) is 0.714. The summed E-state index contributed by atoms with van der Waals surface area (Å²) in [6, 6.07) is 13.0. The van der Waals surface area contributed by atoms with E-state index in [0.717, 1.165) is 17.7 Å². The minimum absolute atomic E-state index is 0.368. The molecule has 0 heterocycles. The molecular weight excluding hydrogens is 246 g/mol. The zero-order chi connectivity index (χ0) is 14.0. The standard InChI is InChI=1S/C16H16F2O/c1-16(2,12-6-4-3-5-7-12)15(19)11-8-9-13(17)14(18)10-11/h3-10,15,19H,1-2H3. The highest BCUT2D eigenvalue weighted by atomic mass is 19.2. The summed E-state index contributed by atoms with van der Waals surface area (Å²) in [4.78, 5) is 0. The van der Waals surface area contributed by atoms with Crippen LogP contribution < -0.4 is 0 Å². The number of hydrogen-bond acceptors (Lipinski definition) is 1. The first-order valence-corrected chi connectivity index (χ1v) is 6.11. The van der Waals surface area contributed by atoms with E-state index < -0.39 is 23.2 Å². The fourth-order valence-electron chi connectivity index (χ4n) is 2.12. The van der Waals surface area contributed by atoms with Crippen molar-refractivity contribution in [3.8, 4) is 0 Å². The van der Waals surface area contributed by atoms with Crippen LogP contribution in [0, 0.1) is 11.6 Å². The van der Waals surface area contributed by atoms with E-state index in [4.69, 9.17) is 0 Å². The summed E-state index contributed by atoms with van der Waals surface area (Å²) >= 11 is 0. The SMILES string of the molecule is CC(C)(c1ccccc1)C(O)c1ccc(F)c(F)c1. The monoisotopic (exact) mass is 262 g/mol. The van der Waals surface area contributed by atoms with Crippen LogP contribution >= 0.6 is 0 Å². The van der Waals surface area contributed by atoms with Crippen molar-refractivity contribution in [2.75, 3.05) is 0 Å². The Labute approximate surface area is 111 Å². The van der Waals surface area contributed by atoms with Gasteiger partial charge in [-0.3, -0.25) is 0 Å². The minimum atomic E-state index is -0.944. The molecule has 1 atom stereocenters. The van der Waals surface area contributed by atoms with Crippen LogP contribution in [0.15, 0.2) is 48.5 Å². The van der Waals surface area contributed by atoms with Crippen LogP contribution in [0.3, 0.4) is 0 Å². The van der Waals surface area contributed by atoms with Gasteiger partial charge in [0.2, 0.25) is 0 Å². The Bertz CT molecular complexity index is 564. The molecule has 1 unspecified atom stereocenters. The van der Waals surface area contributed by atoms with Crippen LogP contribution in [0.2, 0.25) is 0 Å². The van der Waals surface area contributed by atoms with Gasteiger partial charge in [-0.2, -0.15) is 0 Å². The molecule has 2 rings (SSSR count). The lowest BCUT2D eigenvalue weighted by Gasteiger charge is -2.31. The van der Waals surface area contributed by atoms with E-state index in [0.29, 0.717) is 5.56 Å². The molecule has 0 aliphatic heterocycles. The Morgan fingerprint density at radius 1 is 0.947 bits per heavy atom. The number of aliphatic hydroxyl groups excluding tert-OH is 1. The van der Waals surface area contributed by atoms with Crippen LogP contribution in [-0.4, -0.2) is 5.11 Å². The molecular formula is C16H16F2O. The van der Waals surface area contributed by atoms with E-state index >= 15 is 0 Å². The molecule has 0 aliphatic rings. The second-order valence-electron chi connectivity index (χ2n) is 5.16. The van der Waals surface area contributed by atoms with Crippen molar-refractivity contribution in [2.24, 2.45) is 0 Å². The Balaban J connectivity index is 2.37. The van der Waals surface area contributed by atoms with Crippen LogP contribution in [0.1, 0.15) is 31.1 Å². The van der Waals surface area contributed by atoms with E-state index in [2.05, 4.69) is 0 Å². The molecule has 1 N–H and O–H groups in total. The van der Waals surface area contributed by atoms with Gasteiger partial charge in [0.25, 0.3) is 0 Å².